The number of benzene rings is 1. The quantitative estimate of drug-likeness (QED) is 0.750. The second-order valence-corrected chi connectivity index (χ2v) is 6.14. The van der Waals surface area contributed by atoms with Crippen LogP contribution in [0.3, 0.4) is 0 Å². The highest BCUT2D eigenvalue weighted by molar-refractivity contribution is 5.97. The molecule has 144 valence electrons. The highest BCUT2D eigenvalue weighted by Crippen LogP contribution is 2.14. The molecule has 8 nitrogen and oxygen atoms in total. The Balaban J connectivity index is 0.000000596. The van der Waals surface area contributed by atoms with E-state index >= 15 is 0 Å². The predicted octanol–water partition coefficient (Wildman–Crippen LogP) is 1.03. The minimum atomic E-state index is -0.833. The number of carboxylic acid groups (broad SMARTS) is 1. The van der Waals surface area contributed by atoms with Crippen molar-refractivity contribution >= 4 is 17.6 Å². The minimum absolute atomic E-state index is 0.173. The summed E-state index contributed by atoms with van der Waals surface area (Å²) < 4.78 is 0. The number of nitrogens with two attached hydrogens (primary N) is 1. The lowest BCUT2D eigenvalue weighted by molar-refractivity contribution is -0.134. The molecule has 1 aromatic heterocycles. The second-order valence-electron chi connectivity index (χ2n) is 6.14. The first-order valence-corrected chi connectivity index (χ1v) is 8.75. The summed E-state index contributed by atoms with van der Waals surface area (Å²) >= 11 is 0. The third-order valence-corrected chi connectivity index (χ3v) is 4.08. The van der Waals surface area contributed by atoms with Gasteiger partial charge in [-0.15, -0.1) is 0 Å². The number of rotatable bonds is 5. The Labute approximate surface area is 158 Å². The Morgan fingerprint density at radius 1 is 1.11 bits per heavy atom. The first-order chi connectivity index (χ1) is 13.0. The van der Waals surface area contributed by atoms with Crippen LogP contribution < -0.4 is 10.6 Å². The van der Waals surface area contributed by atoms with Crippen molar-refractivity contribution in [2.75, 3.05) is 37.6 Å². The van der Waals surface area contributed by atoms with Crippen LogP contribution in [0.5, 0.6) is 0 Å². The van der Waals surface area contributed by atoms with Crippen molar-refractivity contribution in [1.82, 2.24) is 14.9 Å². The van der Waals surface area contributed by atoms with E-state index in [-0.39, 0.29) is 5.78 Å². The zero-order chi connectivity index (χ0) is 19.6. The number of carbonyl (C=O) groups excluding carboxylic acids is 1. The van der Waals surface area contributed by atoms with E-state index < -0.39 is 5.97 Å². The topological polar surface area (TPSA) is 113 Å². The number of anilines is 1. The molecule has 0 saturated carbocycles. The largest absolute Gasteiger partial charge is 0.481 e. The van der Waals surface area contributed by atoms with Crippen LogP contribution in [0.4, 0.5) is 5.82 Å². The van der Waals surface area contributed by atoms with Gasteiger partial charge in [-0.1, -0.05) is 30.3 Å². The molecule has 0 atom stereocenters. The SMILES string of the molecule is CC(=O)O.NCc1cc(N2CCN(CC(=O)c3ccccc3)CC2)ncn1. The molecule has 1 saturated heterocycles. The van der Waals surface area contributed by atoms with Gasteiger partial charge in [-0.05, 0) is 0 Å². The van der Waals surface area contributed by atoms with Crippen LogP contribution in [0.1, 0.15) is 23.0 Å². The van der Waals surface area contributed by atoms with Gasteiger partial charge in [0.1, 0.15) is 12.1 Å². The second kappa shape index (κ2) is 10.3. The van der Waals surface area contributed by atoms with Crippen molar-refractivity contribution < 1.29 is 14.7 Å². The van der Waals surface area contributed by atoms with Crippen molar-refractivity contribution in [2.45, 2.75) is 13.5 Å². The lowest BCUT2D eigenvalue weighted by atomic mass is 10.1. The van der Waals surface area contributed by atoms with Crippen molar-refractivity contribution in [1.29, 1.82) is 0 Å². The molecule has 3 N–H and O–H groups in total. The Bertz CT molecular complexity index is 742. The number of piperazine rings is 1. The van der Waals surface area contributed by atoms with Gasteiger partial charge in [-0.3, -0.25) is 14.5 Å². The fourth-order valence-electron chi connectivity index (χ4n) is 2.72. The van der Waals surface area contributed by atoms with E-state index in [4.69, 9.17) is 15.6 Å². The first-order valence-electron chi connectivity index (χ1n) is 8.75. The van der Waals surface area contributed by atoms with Crippen molar-refractivity contribution in [3.05, 3.63) is 54.0 Å². The van der Waals surface area contributed by atoms with Gasteiger partial charge < -0.3 is 15.7 Å². The average molecular weight is 371 g/mol. The summed E-state index contributed by atoms with van der Waals surface area (Å²) in [5.41, 5.74) is 7.25. The van der Waals surface area contributed by atoms with Gasteiger partial charge in [-0.2, -0.15) is 0 Å². The maximum atomic E-state index is 12.3. The maximum Gasteiger partial charge on any atom is 0.300 e. The maximum absolute atomic E-state index is 12.3. The Kier molecular flexibility index (Phi) is 7.84. The fourth-order valence-corrected chi connectivity index (χ4v) is 2.72. The summed E-state index contributed by atoms with van der Waals surface area (Å²) in [7, 11) is 0. The minimum Gasteiger partial charge on any atom is -0.481 e. The molecule has 2 heterocycles. The normalized spacial score (nSPS) is 14.2. The summed E-state index contributed by atoms with van der Waals surface area (Å²) in [6.07, 6.45) is 1.56. The van der Waals surface area contributed by atoms with Gasteiger partial charge in [0.2, 0.25) is 0 Å². The molecule has 27 heavy (non-hydrogen) atoms. The summed E-state index contributed by atoms with van der Waals surface area (Å²) in [6, 6.07) is 11.4. The van der Waals surface area contributed by atoms with Crippen molar-refractivity contribution in [2.24, 2.45) is 5.73 Å². The van der Waals surface area contributed by atoms with Gasteiger partial charge in [0.15, 0.2) is 5.78 Å². The molecule has 0 spiro atoms. The number of aromatic nitrogens is 2. The molecular weight excluding hydrogens is 346 g/mol. The molecule has 8 heteroatoms. The molecule has 1 aliphatic heterocycles. The molecule has 3 rings (SSSR count). The van der Waals surface area contributed by atoms with Crippen LogP contribution in [-0.2, 0) is 11.3 Å². The van der Waals surface area contributed by atoms with Crippen LogP contribution >= 0.6 is 0 Å². The molecule has 2 aromatic rings. The van der Waals surface area contributed by atoms with Gasteiger partial charge in [0.05, 0.1) is 12.2 Å². The molecule has 1 aromatic carbocycles. The number of ketones is 1. The van der Waals surface area contributed by atoms with Crippen LogP contribution in [-0.4, -0.2) is 64.5 Å². The lowest BCUT2D eigenvalue weighted by Gasteiger charge is -2.35. The Morgan fingerprint density at radius 2 is 1.74 bits per heavy atom. The van der Waals surface area contributed by atoms with E-state index in [0.29, 0.717) is 13.1 Å². The number of carbonyl (C=O) groups is 2. The Morgan fingerprint density at radius 3 is 2.33 bits per heavy atom. The molecular formula is C19H25N5O3. The molecule has 0 unspecified atom stereocenters. The first kappa shape index (κ1) is 20.5. The summed E-state index contributed by atoms with van der Waals surface area (Å²) in [5, 5.41) is 7.42. The number of nitrogens with zero attached hydrogens (tertiary/aromatic N) is 4. The molecule has 0 amide bonds. The third-order valence-electron chi connectivity index (χ3n) is 4.08. The van der Waals surface area contributed by atoms with E-state index in [9.17, 15) is 4.79 Å². The predicted molar refractivity (Wildman–Crippen MR) is 103 cm³/mol. The molecule has 1 aliphatic rings. The van der Waals surface area contributed by atoms with E-state index in [1.807, 2.05) is 36.4 Å². The standard InChI is InChI=1S/C17H21N5O.C2H4O2/c18-11-15-10-17(20-13-19-15)22-8-6-21(7-9-22)12-16(23)14-4-2-1-3-5-14;1-2(3)4/h1-5,10,13H,6-9,11-12,18H2;1H3,(H,3,4). The lowest BCUT2D eigenvalue weighted by Crippen LogP contribution is -2.48. The van der Waals surface area contributed by atoms with Gasteiger partial charge in [0, 0.05) is 51.3 Å². The van der Waals surface area contributed by atoms with Crippen LogP contribution in [0.15, 0.2) is 42.7 Å². The fraction of sp³-hybridized carbons (Fsp3) is 0.368. The van der Waals surface area contributed by atoms with E-state index in [1.54, 1.807) is 6.33 Å². The van der Waals surface area contributed by atoms with Crippen molar-refractivity contribution in [3.63, 3.8) is 0 Å². The number of aliphatic carboxylic acids is 1. The molecule has 0 bridgehead atoms. The highest BCUT2D eigenvalue weighted by atomic mass is 16.4. The van der Waals surface area contributed by atoms with Gasteiger partial charge >= 0.3 is 0 Å². The number of carboxylic acids is 1. The highest BCUT2D eigenvalue weighted by Gasteiger charge is 2.20. The summed E-state index contributed by atoms with van der Waals surface area (Å²) in [6.45, 7) is 5.37. The van der Waals surface area contributed by atoms with Crippen LogP contribution in [0, 0.1) is 0 Å². The molecule has 0 radical (unpaired) electrons. The van der Waals surface area contributed by atoms with Crippen LogP contribution in [0.25, 0.3) is 0 Å². The zero-order valence-electron chi connectivity index (χ0n) is 15.4. The van der Waals surface area contributed by atoms with E-state index in [1.165, 1.54) is 0 Å². The van der Waals surface area contributed by atoms with Crippen molar-refractivity contribution in [3.8, 4) is 0 Å². The summed E-state index contributed by atoms with van der Waals surface area (Å²) in [4.78, 5) is 34.1. The number of hydrogen-bond donors (Lipinski definition) is 2. The van der Waals surface area contributed by atoms with E-state index in [0.717, 1.165) is 50.2 Å². The third kappa shape index (κ3) is 6.76. The smallest absolute Gasteiger partial charge is 0.300 e. The number of Topliss-reactive ketones (excluding diaryl/α,β-unsaturated/α-hetero) is 1. The van der Waals surface area contributed by atoms with E-state index in [2.05, 4.69) is 19.8 Å². The number of hydrogen-bond acceptors (Lipinski definition) is 7. The average Bonchev–Trinajstić information content (AvgIpc) is 2.69. The van der Waals surface area contributed by atoms with Crippen LogP contribution in [0.2, 0.25) is 0 Å². The molecule has 1 fully saturated rings. The van der Waals surface area contributed by atoms with Gasteiger partial charge in [-0.25, -0.2) is 9.97 Å². The monoisotopic (exact) mass is 371 g/mol. The summed E-state index contributed by atoms with van der Waals surface area (Å²) in [5.74, 6) is 0.251. The molecule has 0 aliphatic carbocycles. The zero-order valence-corrected chi connectivity index (χ0v) is 15.4. The Hall–Kier alpha value is -2.84. The van der Waals surface area contributed by atoms with Gasteiger partial charge in [0.25, 0.3) is 5.97 Å².